The van der Waals surface area contributed by atoms with E-state index in [1.165, 1.54) is 24.0 Å². The molecule has 0 bridgehead atoms. The molecule has 2 nitrogen and oxygen atoms in total. The van der Waals surface area contributed by atoms with Crippen LogP contribution in [0.3, 0.4) is 0 Å². The molecule has 0 spiro atoms. The van der Waals surface area contributed by atoms with Crippen molar-refractivity contribution >= 4 is 11.6 Å². The second kappa shape index (κ2) is 7.13. The van der Waals surface area contributed by atoms with Crippen LogP contribution >= 0.6 is 11.6 Å². The topological polar surface area (TPSA) is 21.3 Å². The number of hydrogen-bond donors (Lipinski definition) is 1. The smallest absolute Gasteiger partial charge is 0.0494 e. The lowest BCUT2D eigenvalue weighted by atomic mass is 10.1. The average molecular weight is 268 g/mol. The van der Waals surface area contributed by atoms with Gasteiger partial charge in [-0.2, -0.15) is 0 Å². The summed E-state index contributed by atoms with van der Waals surface area (Å²) in [6, 6.07) is 6.20. The van der Waals surface area contributed by atoms with E-state index >= 15 is 0 Å². The second-order valence-electron chi connectivity index (χ2n) is 5.14. The van der Waals surface area contributed by atoms with Crippen molar-refractivity contribution in [3.63, 3.8) is 0 Å². The summed E-state index contributed by atoms with van der Waals surface area (Å²) in [6.07, 6.45) is 3.80. The second-order valence-corrected chi connectivity index (χ2v) is 5.55. The summed E-state index contributed by atoms with van der Waals surface area (Å²) in [5.74, 6) is 0.865. The van der Waals surface area contributed by atoms with Crippen molar-refractivity contribution in [2.24, 2.45) is 5.92 Å². The van der Waals surface area contributed by atoms with E-state index in [4.69, 9.17) is 16.3 Å². The predicted octanol–water partition coefficient (Wildman–Crippen LogP) is 3.55. The van der Waals surface area contributed by atoms with Crippen LogP contribution in [-0.4, -0.2) is 19.8 Å². The molecule has 1 saturated carbocycles. The molecule has 0 unspecified atom stereocenters. The maximum absolute atomic E-state index is 6.17. The summed E-state index contributed by atoms with van der Waals surface area (Å²) in [6.45, 7) is 5.70. The molecule has 0 radical (unpaired) electrons. The third kappa shape index (κ3) is 4.97. The SMILES string of the molecule is Cc1ccc(CNCCCOCC2CC2)c(Cl)c1. The van der Waals surface area contributed by atoms with Gasteiger partial charge in [-0.1, -0.05) is 23.7 Å². The van der Waals surface area contributed by atoms with Gasteiger partial charge in [0.05, 0.1) is 0 Å². The highest BCUT2D eigenvalue weighted by molar-refractivity contribution is 6.31. The molecular weight excluding hydrogens is 246 g/mol. The normalized spacial score (nSPS) is 15.0. The fourth-order valence-corrected chi connectivity index (χ4v) is 2.15. The first-order valence-electron chi connectivity index (χ1n) is 6.79. The Morgan fingerprint density at radius 1 is 1.39 bits per heavy atom. The van der Waals surface area contributed by atoms with Crippen molar-refractivity contribution in [2.75, 3.05) is 19.8 Å². The largest absolute Gasteiger partial charge is 0.381 e. The molecule has 1 aliphatic carbocycles. The minimum absolute atomic E-state index is 0.835. The van der Waals surface area contributed by atoms with Gasteiger partial charge in [0.1, 0.15) is 0 Å². The van der Waals surface area contributed by atoms with Crippen LogP contribution in [0.4, 0.5) is 0 Å². The number of rotatable bonds is 8. The van der Waals surface area contributed by atoms with E-state index < -0.39 is 0 Å². The Balaban J connectivity index is 1.53. The van der Waals surface area contributed by atoms with E-state index in [0.717, 1.165) is 43.7 Å². The zero-order chi connectivity index (χ0) is 12.8. The number of nitrogens with one attached hydrogen (secondary N) is 1. The highest BCUT2D eigenvalue weighted by Crippen LogP contribution is 2.28. The molecule has 1 fully saturated rings. The molecular formula is C15H22ClNO. The van der Waals surface area contributed by atoms with Crippen molar-refractivity contribution in [3.05, 3.63) is 34.3 Å². The van der Waals surface area contributed by atoms with Crippen LogP contribution in [-0.2, 0) is 11.3 Å². The summed E-state index contributed by atoms with van der Waals surface area (Å²) >= 11 is 6.17. The highest BCUT2D eigenvalue weighted by Gasteiger charge is 2.20. The molecule has 0 aromatic heterocycles. The fraction of sp³-hybridized carbons (Fsp3) is 0.600. The number of halogens is 1. The van der Waals surface area contributed by atoms with E-state index in [-0.39, 0.29) is 0 Å². The van der Waals surface area contributed by atoms with Crippen LogP contribution in [0.2, 0.25) is 5.02 Å². The standard InChI is InChI=1S/C15H22ClNO/c1-12-3-6-14(15(16)9-12)10-17-7-2-8-18-11-13-4-5-13/h3,6,9,13,17H,2,4-5,7-8,10-11H2,1H3. The Morgan fingerprint density at radius 2 is 2.22 bits per heavy atom. The third-order valence-electron chi connectivity index (χ3n) is 3.22. The Hall–Kier alpha value is -0.570. The van der Waals surface area contributed by atoms with E-state index in [1.807, 2.05) is 6.07 Å². The summed E-state index contributed by atoms with van der Waals surface area (Å²) in [7, 11) is 0. The van der Waals surface area contributed by atoms with Gasteiger partial charge < -0.3 is 10.1 Å². The van der Waals surface area contributed by atoms with E-state index in [9.17, 15) is 0 Å². The molecule has 2 rings (SSSR count). The van der Waals surface area contributed by atoms with Gasteiger partial charge in [0.25, 0.3) is 0 Å². The van der Waals surface area contributed by atoms with Crippen LogP contribution in [0, 0.1) is 12.8 Å². The first kappa shape index (κ1) is 13.9. The fourth-order valence-electron chi connectivity index (χ4n) is 1.85. The van der Waals surface area contributed by atoms with E-state index in [2.05, 4.69) is 24.4 Å². The lowest BCUT2D eigenvalue weighted by Gasteiger charge is -2.08. The predicted molar refractivity (Wildman–Crippen MR) is 76.1 cm³/mol. The van der Waals surface area contributed by atoms with Gasteiger partial charge in [-0.15, -0.1) is 0 Å². The van der Waals surface area contributed by atoms with Crippen LogP contribution in [0.25, 0.3) is 0 Å². The van der Waals surface area contributed by atoms with Gasteiger partial charge in [0.2, 0.25) is 0 Å². The van der Waals surface area contributed by atoms with E-state index in [0.29, 0.717) is 0 Å². The lowest BCUT2D eigenvalue weighted by Crippen LogP contribution is -2.16. The van der Waals surface area contributed by atoms with Crippen LogP contribution in [0.15, 0.2) is 18.2 Å². The van der Waals surface area contributed by atoms with Crippen molar-refractivity contribution < 1.29 is 4.74 Å². The molecule has 100 valence electrons. The van der Waals surface area contributed by atoms with Gasteiger partial charge in [-0.25, -0.2) is 0 Å². The Bertz CT molecular complexity index is 377. The molecule has 0 heterocycles. The number of hydrogen-bond acceptors (Lipinski definition) is 2. The van der Waals surface area contributed by atoms with Gasteiger partial charge in [0, 0.05) is 24.8 Å². The first-order chi connectivity index (χ1) is 8.75. The minimum atomic E-state index is 0.835. The Kier molecular flexibility index (Phi) is 5.48. The third-order valence-corrected chi connectivity index (χ3v) is 3.57. The monoisotopic (exact) mass is 267 g/mol. The maximum Gasteiger partial charge on any atom is 0.0494 e. The molecule has 3 heteroatoms. The van der Waals surface area contributed by atoms with Gasteiger partial charge >= 0.3 is 0 Å². The van der Waals surface area contributed by atoms with Crippen LogP contribution in [0.5, 0.6) is 0 Å². The molecule has 1 aromatic carbocycles. The van der Waals surface area contributed by atoms with Gasteiger partial charge in [-0.3, -0.25) is 0 Å². The molecule has 0 aliphatic heterocycles. The molecule has 1 N–H and O–H groups in total. The molecule has 0 saturated heterocycles. The number of benzene rings is 1. The highest BCUT2D eigenvalue weighted by atomic mass is 35.5. The number of aryl methyl sites for hydroxylation is 1. The summed E-state index contributed by atoms with van der Waals surface area (Å²) in [4.78, 5) is 0. The molecule has 1 aliphatic rings. The summed E-state index contributed by atoms with van der Waals surface area (Å²) in [5.41, 5.74) is 2.37. The van der Waals surface area contributed by atoms with Crippen molar-refractivity contribution in [1.29, 1.82) is 0 Å². The Morgan fingerprint density at radius 3 is 2.94 bits per heavy atom. The van der Waals surface area contributed by atoms with Gasteiger partial charge in [0.15, 0.2) is 0 Å². The molecule has 0 amide bonds. The number of ether oxygens (including phenoxy) is 1. The van der Waals surface area contributed by atoms with Crippen molar-refractivity contribution in [1.82, 2.24) is 5.32 Å². The molecule has 18 heavy (non-hydrogen) atoms. The van der Waals surface area contributed by atoms with Crippen molar-refractivity contribution in [3.8, 4) is 0 Å². The quantitative estimate of drug-likeness (QED) is 0.728. The lowest BCUT2D eigenvalue weighted by molar-refractivity contribution is 0.122. The molecule has 0 atom stereocenters. The van der Waals surface area contributed by atoms with Crippen LogP contribution in [0.1, 0.15) is 30.4 Å². The summed E-state index contributed by atoms with van der Waals surface area (Å²) in [5, 5.41) is 4.26. The van der Waals surface area contributed by atoms with Gasteiger partial charge in [-0.05, 0) is 55.8 Å². The van der Waals surface area contributed by atoms with Crippen LogP contribution < -0.4 is 5.32 Å². The maximum atomic E-state index is 6.17. The molecule has 1 aromatic rings. The minimum Gasteiger partial charge on any atom is -0.381 e. The van der Waals surface area contributed by atoms with E-state index in [1.54, 1.807) is 0 Å². The van der Waals surface area contributed by atoms with Crippen molar-refractivity contribution in [2.45, 2.75) is 32.7 Å². The Labute approximate surface area is 115 Å². The zero-order valence-corrected chi connectivity index (χ0v) is 11.8. The summed E-state index contributed by atoms with van der Waals surface area (Å²) < 4.78 is 5.58. The first-order valence-corrected chi connectivity index (χ1v) is 7.17. The average Bonchev–Trinajstić information content (AvgIpc) is 3.14. The zero-order valence-electron chi connectivity index (χ0n) is 11.0.